The molecule has 0 bridgehead atoms. The van der Waals surface area contributed by atoms with Crippen molar-refractivity contribution in [2.75, 3.05) is 26.3 Å². The van der Waals surface area contributed by atoms with Gasteiger partial charge in [0.2, 0.25) is 0 Å². The molecule has 2 rings (SSSR count). The van der Waals surface area contributed by atoms with E-state index >= 15 is 0 Å². The SMILES string of the molecule is O=C(c1ccc(S(=O)(=O)Cl)cc1F)N1CCOCC1. The van der Waals surface area contributed by atoms with E-state index in [1.807, 2.05) is 0 Å². The zero-order valence-electron chi connectivity index (χ0n) is 9.80. The zero-order valence-corrected chi connectivity index (χ0v) is 11.4. The third-order valence-corrected chi connectivity index (χ3v) is 4.10. The number of ether oxygens (including phenoxy) is 1. The van der Waals surface area contributed by atoms with Gasteiger partial charge in [0.05, 0.1) is 23.7 Å². The van der Waals surface area contributed by atoms with Crippen LogP contribution in [0.3, 0.4) is 0 Å². The van der Waals surface area contributed by atoms with Crippen LogP contribution in [0.15, 0.2) is 23.1 Å². The van der Waals surface area contributed by atoms with Crippen molar-refractivity contribution in [3.8, 4) is 0 Å². The summed E-state index contributed by atoms with van der Waals surface area (Å²) in [5, 5.41) is 0. The van der Waals surface area contributed by atoms with Crippen molar-refractivity contribution in [3.63, 3.8) is 0 Å². The fraction of sp³-hybridized carbons (Fsp3) is 0.364. The molecule has 8 heteroatoms. The normalized spacial score (nSPS) is 16.4. The van der Waals surface area contributed by atoms with Gasteiger partial charge in [-0.1, -0.05) is 0 Å². The standard InChI is InChI=1S/C11H11ClFNO4S/c12-19(16,17)8-1-2-9(10(13)7-8)11(15)14-3-5-18-6-4-14/h1-2,7H,3-6H2. The number of hydrogen-bond donors (Lipinski definition) is 0. The molecule has 104 valence electrons. The second-order valence-corrected chi connectivity index (χ2v) is 6.55. The van der Waals surface area contributed by atoms with Crippen molar-refractivity contribution in [2.24, 2.45) is 0 Å². The van der Waals surface area contributed by atoms with Gasteiger partial charge in [-0.15, -0.1) is 0 Å². The van der Waals surface area contributed by atoms with E-state index in [9.17, 15) is 17.6 Å². The van der Waals surface area contributed by atoms with Gasteiger partial charge < -0.3 is 9.64 Å². The minimum Gasteiger partial charge on any atom is -0.378 e. The summed E-state index contributed by atoms with van der Waals surface area (Å²) < 4.78 is 41.0. The van der Waals surface area contributed by atoms with Gasteiger partial charge in [0.15, 0.2) is 0 Å². The van der Waals surface area contributed by atoms with Crippen LogP contribution in [0.1, 0.15) is 10.4 Å². The molecule has 19 heavy (non-hydrogen) atoms. The first-order chi connectivity index (χ1) is 8.89. The monoisotopic (exact) mass is 307 g/mol. The molecule has 0 spiro atoms. The summed E-state index contributed by atoms with van der Waals surface area (Å²) in [6.45, 7) is 1.57. The maximum Gasteiger partial charge on any atom is 0.261 e. The molecular formula is C11H11ClFNO4S. The number of halogens is 2. The highest BCUT2D eigenvalue weighted by molar-refractivity contribution is 8.13. The van der Waals surface area contributed by atoms with Crippen molar-refractivity contribution in [1.29, 1.82) is 0 Å². The Morgan fingerprint density at radius 1 is 1.32 bits per heavy atom. The Hall–Kier alpha value is -1.18. The molecule has 1 aliphatic heterocycles. The number of nitrogens with zero attached hydrogens (tertiary/aromatic N) is 1. The van der Waals surface area contributed by atoms with Crippen LogP contribution in [0.4, 0.5) is 4.39 Å². The summed E-state index contributed by atoms with van der Waals surface area (Å²) in [5.41, 5.74) is -0.175. The van der Waals surface area contributed by atoms with E-state index in [1.54, 1.807) is 0 Å². The third kappa shape index (κ3) is 3.23. The number of benzene rings is 1. The summed E-state index contributed by atoms with van der Waals surface area (Å²) in [4.78, 5) is 13.1. The molecule has 1 heterocycles. The highest BCUT2D eigenvalue weighted by Crippen LogP contribution is 2.19. The first-order valence-electron chi connectivity index (χ1n) is 5.51. The van der Waals surface area contributed by atoms with Gasteiger partial charge in [-0.2, -0.15) is 0 Å². The number of morpholine rings is 1. The Morgan fingerprint density at radius 3 is 2.47 bits per heavy atom. The number of carbonyl (C=O) groups is 1. The molecule has 1 aromatic rings. The molecule has 0 aromatic heterocycles. The van der Waals surface area contributed by atoms with E-state index < -0.39 is 20.8 Å². The van der Waals surface area contributed by atoms with Crippen molar-refractivity contribution in [1.82, 2.24) is 4.90 Å². The first-order valence-corrected chi connectivity index (χ1v) is 7.82. The van der Waals surface area contributed by atoms with Crippen molar-refractivity contribution < 1.29 is 22.3 Å². The van der Waals surface area contributed by atoms with E-state index in [1.165, 1.54) is 4.90 Å². The highest BCUT2D eigenvalue weighted by Gasteiger charge is 2.22. The van der Waals surface area contributed by atoms with Gasteiger partial charge in [-0.3, -0.25) is 4.79 Å². The Kier molecular flexibility index (Phi) is 4.07. The van der Waals surface area contributed by atoms with Crippen LogP contribution >= 0.6 is 10.7 Å². The van der Waals surface area contributed by atoms with Crippen LogP contribution in [0.25, 0.3) is 0 Å². The Morgan fingerprint density at radius 2 is 1.95 bits per heavy atom. The summed E-state index contributed by atoms with van der Waals surface area (Å²) >= 11 is 0. The average Bonchev–Trinajstić information content (AvgIpc) is 2.38. The molecule has 0 radical (unpaired) electrons. The topological polar surface area (TPSA) is 63.7 Å². The first kappa shape index (κ1) is 14.2. The maximum absolute atomic E-state index is 13.8. The average molecular weight is 308 g/mol. The predicted octanol–water partition coefficient (Wildman–Crippen LogP) is 1.23. The Bertz CT molecular complexity index is 599. The summed E-state index contributed by atoms with van der Waals surface area (Å²) in [6, 6.07) is 2.98. The molecule has 1 saturated heterocycles. The van der Waals surface area contributed by atoms with Crippen LogP contribution in [0.2, 0.25) is 0 Å². The van der Waals surface area contributed by atoms with Gasteiger partial charge >= 0.3 is 0 Å². The zero-order chi connectivity index (χ0) is 14.0. The van der Waals surface area contributed by atoms with E-state index in [0.29, 0.717) is 26.3 Å². The molecule has 1 fully saturated rings. The van der Waals surface area contributed by atoms with E-state index in [2.05, 4.69) is 0 Å². The molecule has 1 amide bonds. The van der Waals surface area contributed by atoms with Gasteiger partial charge in [0, 0.05) is 23.8 Å². The smallest absolute Gasteiger partial charge is 0.261 e. The largest absolute Gasteiger partial charge is 0.378 e. The molecule has 0 unspecified atom stereocenters. The van der Waals surface area contributed by atoms with Crippen LogP contribution in [0.5, 0.6) is 0 Å². The highest BCUT2D eigenvalue weighted by atomic mass is 35.7. The van der Waals surface area contributed by atoms with Crippen LogP contribution in [-0.2, 0) is 13.8 Å². The lowest BCUT2D eigenvalue weighted by Gasteiger charge is -2.27. The van der Waals surface area contributed by atoms with Crippen LogP contribution in [-0.4, -0.2) is 45.5 Å². The second-order valence-electron chi connectivity index (χ2n) is 3.98. The van der Waals surface area contributed by atoms with Crippen molar-refractivity contribution in [2.45, 2.75) is 4.90 Å². The van der Waals surface area contributed by atoms with Gasteiger partial charge in [0.1, 0.15) is 5.82 Å². The van der Waals surface area contributed by atoms with Crippen LogP contribution in [0, 0.1) is 5.82 Å². The lowest BCUT2D eigenvalue weighted by atomic mass is 10.2. The lowest BCUT2D eigenvalue weighted by molar-refractivity contribution is 0.0300. The minimum absolute atomic E-state index is 0.175. The second kappa shape index (κ2) is 5.44. The van der Waals surface area contributed by atoms with E-state index in [-0.39, 0.29) is 10.5 Å². The molecule has 0 atom stereocenters. The molecule has 0 N–H and O–H groups in total. The minimum atomic E-state index is -4.01. The Balaban J connectivity index is 2.28. The van der Waals surface area contributed by atoms with E-state index in [0.717, 1.165) is 18.2 Å². The molecule has 0 saturated carbocycles. The molecule has 5 nitrogen and oxygen atoms in total. The quantitative estimate of drug-likeness (QED) is 0.771. The van der Waals surface area contributed by atoms with Gasteiger partial charge in [0.25, 0.3) is 15.0 Å². The molecule has 0 aliphatic carbocycles. The van der Waals surface area contributed by atoms with Crippen LogP contribution < -0.4 is 0 Å². The number of hydrogen-bond acceptors (Lipinski definition) is 4. The fourth-order valence-corrected chi connectivity index (χ4v) is 2.52. The lowest BCUT2D eigenvalue weighted by Crippen LogP contribution is -2.41. The molecular weight excluding hydrogens is 297 g/mol. The number of amides is 1. The molecule has 1 aromatic carbocycles. The number of carbonyl (C=O) groups excluding carboxylic acids is 1. The summed E-state index contributed by atoms with van der Waals surface area (Å²) in [5.74, 6) is -1.39. The Labute approximate surface area is 114 Å². The maximum atomic E-state index is 13.8. The van der Waals surface area contributed by atoms with Gasteiger partial charge in [-0.25, -0.2) is 12.8 Å². The molecule has 1 aliphatic rings. The van der Waals surface area contributed by atoms with Gasteiger partial charge in [-0.05, 0) is 18.2 Å². The predicted molar refractivity (Wildman–Crippen MR) is 66.2 cm³/mol. The summed E-state index contributed by atoms with van der Waals surface area (Å²) in [7, 11) is 1.10. The van der Waals surface area contributed by atoms with Crippen molar-refractivity contribution in [3.05, 3.63) is 29.6 Å². The van der Waals surface area contributed by atoms with Crippen molar-refractivity contribution >= 4 is 25.6 Å². The number of rotatable bonds is 2. The third-order valence-electron chi connectivity index (χ3n) is 2.75. The summed E-state index contributed by atoms with van der Waals surface area (Å²) in [6.07, 6.45) is 0. The van der Waals surface area contributed by atoms with E-state index in [4.69, 9.17) is 15.4 Å². The fourth-order valence-electron chi connectivity index (χ4n) is 1.76.